The van der Waals surface area contributed by atoms with E-state index in [1.165, 1.54) is 0 Å². The fourth-order valence-electron chi connectivity index (χ4n) is 5.70. The number of rotatable bonds is 7. The third-order valence-corrected chi connectivity index (χ3v) is 8.50. The Kier molecular flexibility index (Phi) is 7.62. The Morgan fingerprint density at radius 1 is 0.857 bits per heavy atom. The Labute approximate surface area is 256 Å². The van der Waals surface area contributed by atoms with Crippen molar-refractivity contribution in [3.05, 3.63) is 130 Å². The summed E-state index contributed by atoms with van der Waals surface area (Å²) in [4.78, 5) is 6.90. The highest BCUT2D eigenvalue weighted by Crippen LogP contribution is 2.44. The summed E-state index contributed by atoms with van der Waals surface area (Å²) in [6, 6.07) is 29.5. The van der Waals surface area contributed by atoms with Crippen LogP contribution in [-0.4, -0.2) is 21.8 Å². The molecule has 1 aliphatic rings. The molecule has 1 fully saturated rings. The molecule has 3 heterocycles. The minimum Gasteiger partial charge on any atom is -0.497 e. The molecule has 212 valence electrons. The van der Waals surface area contributed by atoms with Crippen molar-refractivity contribution in [2.45, 2.75) is 32.9 Å². The van der Waals surface area contributed by atoms with Gasteiger partial charge in [-0.15, -0.1) is 0 Å². The topological polar surface area (TPSA) is 51.6 Å². The van der Waals surface area contributed by atoms with E-state index >= 15 is 0 Å². The van der Waals surface area contributed by atoms with Crippen LogP contribution < -0.4 is 19.7 Å². The monoisotopic (exact) mass is 594 g/mol. The Morgan fingerprint density at radius 3 is 2.21 bits per heavy atom. The van der Waals surface area contributed by atoms with Gasteiger partial charge in [0.2, 0.25) is 0 Å². The van der Waals surface area contributed by atoms with Gasteiger partial charge in [-0.1, -0.05) is 23.7 Å². The number of benzene rings is 3. The molecule has 0 amide bonds. The minimum atomic E-state index is -0.150. The predicted octanol–water partition coefficient (Wildman–Crippen LogP) is 8.43. The smallest absolute Gasteiger partial charge is 0.174 e. The number of methoxy groups -OCH3 is 1. The first-order chi connectivity index (χ1) is 20.4. The molecule has 0 saturated carbocycles. The molecular formula is C34H31ClN4O2S. The Balaban J connectivity index is 1.40. The van der Waals surface area contributed by atoms with E-state index in [0.29, 0.717) is 5.11 Å². The van der Waals surface area contributed by atoms with Crippen LogP contribution in [0.5, 0.6) is 17.2 Å². The van der Waals surface area contributed by atoms with E-state index in [4.69, 9.17) is 38.3 Å². The van der Waals surface area contributed by atoms with E-state index in [-0.39, 0.29) is 12.1 Å². The number of hydrogen-bond donors (Lipinski definition) is 1. The Morgan fingerprint density at radius 2 is 1.55 bits per heavy atom. The van der Waals surface area contributed by atoms with Gasteiger partial charge in [0, 0.05) is 34.0 Å². The van der Waals surface area contributed by atoms with Gasteiger partial charge in [0.15, 0.2) is 5.11 Å². The number of halogens is 1. The molecule has 2 aromatic heterocycles. The molecule has 42 heavy (non-hydrogen) atoms. The second kappa shape index (κ2) is 11.5. The highest BCUT2D eigenvalue weighted by Gasteiger charge is 2.42. The molecule has 1 aliphatic heterocycles. The third-order valence-electron chi connectivity index (χ3n) is 7.78. The highest BCUT2D eigenvalue weighted by molar-refractivity contribution is 7.80. The molecule has 5 aromatic rings. The van der Waals surface area contributed by atoms with Gasteiger partial charge in [-0.05, 0) is 123 Å². The van der Waals surface area contributed by atoms with Crippen molar-refractivity contribution in [1.82, 2.24) is 14.9 Å². The van der Waals surface area contributed by atoms with E-state index in [1.54, 1.807) is 7.11 Å². The summed E-state index contributed by atoms with van der Waals surface area (Å²) in [6.07, 6.45) is 1.82. The van der Waals surface area contributed by atoms with E-state index in [1.807, 2.05) is 85.1 Å². The number of ether oxygens (including phenoxy) is 2. The van der Waals surface area contributed by atoms with Crippen LogP contribution in [0.2, 0.25) is 5.02 Å². The van der Waals surface area contributed by atoms with Crippen molar-refractivity contribution in [2.75, 3.05) is 12.0 Å². The first-order valence-electron chi connectivity index (χ1n) is 13.7. The maximum atomic E-state index is 6.53. The quantitative estimate of drug-likeness (QED) is 0.191. The van der Waals surface area contributed by atoms with Crippen molar-refractivity contribution < 1.29 is 9.47 Å². The van der Waals surface area contributed by atoms with Gasteiger partial charge in [0.1, 0.15) is 17.2 Å². The lowest BCUT2D eigenvalue weighted by atomic mass is 9.96. The van der Waals surface area contributed by atoms with Gasteiger partial charge in [0.25, 0.3) is 0 Å². The fourth-order valence-corrected chi connectivity index (χ4v) is 6.22. The van der Waals surface area contributed by atoms with Crippen LogP contribution in [0.25, 0.3) is 5.69 Å². The lowest BCUT2D eigenvalue weighted by molar-refractivity contribution is 0.413. The SMILES string of the molecule is COc1ccc(Oc2ccc(N3C(=S)N[C@@H](c4ccccn4)[C@@H]3c3cc(C)n(-c4cccc(Cl)c4C)c3C)cc2)cc1. The first-order valence-corrected chi connectivity index (χ1v) is 14.5. The molecule has 0 unspecified atom stereocenters. The predicted molar refractivity (Wildman–Crippen MR) is 172 cm³/mol. The van der Waals surface area contributed by atoms with Crippen LogP contribution >= 0.6 is 23.8 Å². The zero-order valence-corrected chi connectivity index (χ0v) is 25.4. The Bertz CT molecular complexity index is 1740. The molecule has 6 nitrogen and oxygen atoms in total. The molecule has 6 rings (SSSR count). The van der Waals surface area contributed by atoms with E-state index in [0.717, 1.165) is 61.9 Å². The molecule has 1 saturated heterocycles. The third kappa shape index (κ3) is 5.10. The number of aromatic nitrogens is 2. The summed E-state index contributed by atoms with van der Waals surface area (Å²) in [5.41, 5.74) is 7.40. The Hall–Kier alpha value is -4.33. The molecular weight excluding hydrogens is 564 g/mol. The molecule has 8 heteroatoms. The first kappa shape index (κ1) is 27.8. The van der Waals surface area contributed by atoms with Crippen molar-refractivity contribution in [2.24, 2.45) is 0 Å². The molecule has 2 atom stereocenters. The largest absolute Gasteiger partial charge is 0.497 e. The lowest BCUT2D eigenvalue weighted by Gasteiger charge is -2.28. The second-order valence-electron chi connectivity index (χ2n) is 10.3. The van der Waals surface area contributed by atoms with Gasteiger partial charge < -0.3 is 24.3 Å². The number of nitrogens with one attached hydrogen (secondary N) is 1. The second-order valence-corrected chi connectivity index (χ2v) is 11.1. The van der Waals surface area contributed by atoms with E-state index in [2.05, 4.69) is 47.7 Å². The standard InChI is InChI=1S/C34H31ClN4O2S/c1-21-20-28(23(3)38(21)31-10-7-8-29(35)22(31)2)33-32(30-9-5-6-19-36-30)37-34(42)39(33)24-11-13-26(14-12-24)41-27-17-15-25(40-4)16-18-27/h5-20,32-33H,1-4H3,(H,37,42)/t32-,33-/m0/s1. The molecule has 0 radical (unpaired) electrons. The zero-order valence-electron chi connectivity index (χ0n) is 23.8. The molecule has 1 N–H and O–H groups in total. The number of nitrogens with zero attached hydrogens (tertiary/aromatic N) is 3. The molecule has 0 aliphatic carbocycles. The summed E-state index contributed by atoms with van der Waals surface area (Å²) in [7, 11) is 1.65. The van der Waals surface area contributed by atoms with Gasteiger partial charge in [-0.2, -0.15) is 0 Å². The lowest BCUT2D eigenvalue weighted by Crippen LogP contribution is -2.29. The summed E-state index contributed by atoms with van der Waals surface area (Å²) in [5, 5.41) is 4.96. The van der Waals surface area contributed by atoms with Crippen LogP contribution in [0.15, 0.2) is 97.2 Å². The van der Waals surface area contributed by atoms with Gasteiger partial charge in [0.05, 0.1) is 24.9 Å². The van der Waals surface area contributed by atoms with Gasteiger partial charge in [-0.25, -0.2) is 0 Å². The number of hydrogen-bond acceptors (Lipinski definition) is 4. The summed E-state index contributed by atoms with van der Waals surface area (Å²) >= 11 is 12.5. The van der Waals surface area contributed by atoms with E-state index in [9.17, 15) is 0 Å². The van der Waals surface area contributed by atoms with Gasteiger partial charge >= 0.3 is 0 Å². The van der Waals surface area contributed by atoms with Crippen LogP contribution in [0.3, 0.4) is 0 Å². The average Bonchev–Trinajstić information content (AvgIpc) is 3.50. The van der Waals surface area contributed by atoms with Crippen molar-refractivity contribution in [3.63, 3.8) is 0 Å². The minimum absolute atomic E-state index is 0.139. The highest BCUT2D eigenvalue weighted by atomic mass is 35.5. The van der Waals surface area contributed by atoms with Crippen LogP contribution in [0, 0.1) is 20.8 Å². The van der Waals surface area contributed by atoms with Gasteiger partial charge in [-0.3, -0.25) is 4.98 Å². The molecule has 3 aromatic carbocycles. The number of aryl methyl sites for hydroxylation is 1. The number of anilines is 1. The molecule has 0 bridgehead atoms. The maximum absolute atomic E-state index is 6.53. The summed E-state index contributed by atoms with van der Waals surface area (Å²) in [5.74, 6) is 2.25. The maximum Gasteiger partial charge on any atom is 0.174 e. The van der Waals surface area contributed by atoms with Crippen molar-refractivity contribution in [1.29, 1.82) is 0 Å². The van der Waals surface area contributed by atoms with E-state index < -0.39 is 0 Å². The summed E-state index contributed by atoms with van der Waals surface area (Å²) in [6.45, 7) is 6.34. The van der Waals surface area contributed by atoms with Crippen molar-refractivity contribution in [3.8, 4) is 22.9 Å². The van der Waals surface area contributed by atoms with Crippen LogP contribution in [-0.2, 0) is 0 Å². The van der Waals surface area contributed by atoms with Crippen LogP contribution in [0.4, 0.5) is 5.69 Å². The van der Waals surface area contributed by atoms with Crippen molar-refractivity contribution >= 4 is 34.6 Å². The fraction of sp³-hybridized carbons (Fsp3) is 0.176. The van der Waals surface area contributed by atoms with Crippen LogP contribution in [0.1, 0.15) is 40.3 Å². The number of pyridine rings is 1. The normalized spacial score (nSPS) is 16.4. The average molecular weight is 595 g/mol. The summed E-state index contributed by atoms with van der Waals surface area (Å²) < 4.78 is 13.6. The number of thiocarbonyl (C=S) groups is 1. The molecule has 0 spiro atoms. The zero-order chi connectivity index (χ0) is 29.4.